The Morgan fingerprint density at radius 3 is 2.86 bits per heavy atom. The molecule has 1 saturated carbocycles. The Hall–Kier alpha value is -0.830. The van der Waals surface area contributed by atoms with E-state index < -0.39 is 0 Å². The first-order valence-corrected chi connectivity index (χ1v) is 9.01. The number of aromatic nitrogens is 2. The summed E-state index contributed by atoms with van der Waals surface area (Å²) in [4.78, 5) is 0. The van der Waals surface area contributed by atoms with Crippen LogP contribution in [0.3, 0.4) is 0 Å². The van der Waals surface area contributed by atoms with E-state index >= 15 is 0 Å². The molecule has 1 aromatic heterocycles. The number of hydrogen-bond acceptors (Lipinski definition) is 2. The summed E-state index contributed by atoms with van der Waals surface area (Å²) in [6.07, 6.45) is 13.7. The van der Waals surface area contributed by atoms with Crippen LogP contribution in [0.25, 0.3) is 0 Å². The van der Waals surface area contributed by atoms with Gasteiger partial charge in [-0.3, -0.25) is 4.68 Å². The number of nitrogens with one attached hydrogen (secondary N) is 1. The van der Waals surface area contributed by atoms with Crippen LogP contribution in [0.2, 0.25) is 0 Å². The molecule has 0 amide bonds. The van der Waals surface area contributed by atoms with E-state index in [1.807, 2.05) is 4.68 Å². The van der Waals surface area contributed by atoms with Crippen molar-refractivity contribution in [2.24, 2.45) is 11.8 Å². The highest BCUT2D eigenvalue weighted by Crippen LogP contribution is 2.33. The van der Waals surface area contributed by atoms with Crippen molar-refractivity contribution in [1.82, 2.24) is 15.1 Å². The van der Waals surface area contributed by atoms with Crippen LogP contribution in [0.15, 0.2) is 12.4 Å². The third-order valence-electron chi connectivity index (χ3n) is 5.09. The minimum Gasteiger partial charge on any atom is -0.313 e. The first-order chi connectivity index (χ1) is 10.3. The third-order valence-corrected chi connectivity index (χ3v) is 5.09. The molecule has 0 aliphatic heterocycles. The van der Waals surface area contributed by atoms with Crippen LogP contribution in [0.1, 0.15) is 64.9 Å². The maximum absolute atomic E-state index is 4.43. The summed E-state index contributed by atoms with van der Waals surface area (Å²) in [5, 5.41) is 8.26. The van der Waals surface area contributed by atoms with Crippen LogP contribution < -0.4 is 5.32 Å². The first kappa shape index (κ1) is 16.5. The Labute approximate surface area is 130 Å². The first-order valence-electron chi connectivity index (χ1n) is 9.01. The van der Waals surface area contributed by atoms with Crippen molar-refractivity contribution in [3.05, 3.63) is 18.0 Å². The summed E-state index contributed by atoms with van der Waals surface area (Å²) in [5.74, 6) is 1.80. The van der Waals surface area contributed by atoms with Gasteiger partial charge in [0.1, 0.15) is 0 Å². The molecule has 0 spiro atoms. The second-order valence-electron chi connectivity index (χ2n) is 6.67. The van der Waals surface area contributed by atoms with Gasteiger partial charge < -0.3 is 5.32 Å². The maximum atomic E-state index is 4.43. The van der Waals surface area contributed by atoms with E-state index in [-0.39, 0.29) is 0 Å². The van der Waals surface area contributed by atoms with E-state index in [0.717, 1.165) is 31.3 Å². The fourth-order valence-electron chi connectivity index (χ4n) is 3.74. The normalized spacial score (nSPS) is 24.1. The zero-order chi connectivity index (χ0) is 15.1. The van der Waals surface area contributed by atoms with Gasteiger partial charge in [0.15, 0.2) is 0 Å². The SMILES string of the molecule is CCCNC(Cc1cnn(CC)c1)C1CCCC(CC)C1. The van der Waals surface area contributed by atoms with Gasteiger partial charge in [-0.25, -0.2) is 0 Å². The van der Waals surface area contributed by atoms with Gasteiger partial charge in [0.2, 0.25) is 0 Å². The average molecular weight is 291 g/mol. The molecule has 1 fully saturated rings. The molecule has 3 heteroatoms. The smallest absolute Gasteiger partial charge is 0.0522 e. The number of nitrogens with zero attached hydrogens (tertiary/aromatic N) is 2. The molecule has 1 N–H and O–H groups in total. The van der Waals surface area contributed by atoms with Crippen molar-refractivity contribution in [1.29, 1.82) is 0 Å². The van der Waals surface area contributed by atoms with Crippen molar-refractivity contribution in [3.8, 4) is 0 Å². The maximum Gasteiger partial charge on any atom is 0.0522 e. The van der Waals surface area contributed by atoms with E-state index in [0.29, 0.717) is 6.04 Å². The van der Waals surface area contributed by atoms with Crippen molar-refractivity contribution >= 4 is 0 Å². The quantitative estimate of drug-likeness (QED) is 0.783. The van der Waals surface area contributed by atoms with Gasteiger partial charge in [0, 0.05) is 18.8 Å². The molecule has 120 valence electrons. The fraction of sp³-hybridized carbons (Fsp3) is 0.833. The lowest BCUT2D eigenvalue weighted by molar-refractivity contribution is 0.207. The van der Waals surface area contributed by atoms with E-state index in [4.69, 9.17) is 0 Å². The van der Waals surface area contributed by atoms with Crippen LogP contribution in [0.5, 0.6) is 0 Å². The largest absolute Gasteiger partial charge is 0.313 e. The minimum absolute atomic E-state index is 0.633. The summed E-state index contributed by atoms with van der Waals surface area (Å²) in [5.41, 5.74) is 1.39. The molecule has 0 bridgehead atoms. The van der Waals surface area contributed by atoms with E-state index in [9.17, 15) is 0 Å². The lowest BCUT2D eigenvalue weighted by Crippen LogP contribution is -2.40. The minimum atomic E-state index is 0.633. The lowest BCUT2D eigenvalue weighted by atomic mass is 9.75. The molecule has 3 nitrogen and oxygen atoms in total. The molecule has 0 saturated heterocycles. The molecule has 1 heterocycles. The van der Waals surface area contributed by atoms with Crippen molar-refractivity contribution < 1.29 is 0 Å². The predicted octanol–water partition coefficient (Wildman–Crippen LogP) is 4.03. The second kappa shape index (κ2) is 8.57. The van der Waals surface area contributed by atoms with Crippen molar-refractivity contribution in [2.75, 3.05) is 6.54 Å². The summed E-state index contributed by atoms with van der Waals surface area (Å²) in [6.45, 7) is 8.87. The number of rotatable bonds is 8. The molecular weight excluding hydrogens is 258 g/mol. The van der Waals surface area contributed by atoms with Gasteiger partial charge in [0.05, 0.1) is 6.20 Å². The Bertz CT molecular complexity index is 399. The highest BCUT2D eigenvalue weighted by atomic mass is 15.3. The molecule has 0 radical (unpaired) electrons. The summed E-state index contributed by atoms with van der Waals surface area (Å²) in [7, 11) is 0. The monoisotopic (exact) mass is 291 g/mol. The molecule has 0 aromatic carbocycles. The van der Waals surface area contributed by atoms with Gasteiger partial charge in [-0.15, -0.1) is 0 Å². The highest BCUT2D eigenvalue weighted by Gasteiger charge is 2.27. The van der Waals surface area contributed by atoms with Crippen LogP contribution in [0.4, 0.5) is 0 Å². The molecular formula is C18H33N3. The Kier molecular flexibility index (Phi) is 6.75. The van der Waals surface area contributed by atoms with E-state index in [1.165, 1.54) is 44.1 Å². The molecule has 1 aliphatic carbocycles. The average Bonchev–Trinajstić information content (AvgIpc) is 2.99. The van der Waals surface area contributed by atoms with Crippen molar-refractivity contribution in [2.45, 2.75) is 78.3 Å². The van der Waals surface area contributed by atoms with E-state index in [1.54, 1.807) is 0 Å². The predicted molar refractivity (Wildman–Crippen MR) is 89.4 cm³/mol. The molecule has 3 atom stereocenters. The topological polar surface area (TPSA) is 29.9 Å². The second-order valence-corrected chi connectivity index (χ2v) is 6.67. The van der Waals surface area contributed by atoms with Gasteiger partial charge in [-0.2, -0.15) is 5.10 Å². The van der Waals surface area contributed by atoms with Gasteiger partial charge in [-0.1, -0.05) is 33.1 Å². The standard InChI is InChI=1S/C18H33N3/c1-4-10-19-18(12-16-13-20-21(6-3)14-16)17-9-7-8-15(5-2)11-17/h13-15,17-19H,4-12H2,1-3H3. The fourth-order valence-corrected chi connectivity index (χ4v) is 3.74. The molecule has 3 unspecified atom stereocenters. The van der Waals surface area contributed by atoms with Gasteiger partial charge in [-0.05, 0) is 56.6 Å². The number of hydrogen-bond donors (Lipinski definition) is 1. The van der Waals surface area contributed by atoms with Crippen LogP contribution in [0, 0.1) is 11.8 Å². The zero-order valence-corrected chi connectivity index (χ0v) is 14.1. The molecule has 1 aliphatic rings. The van der Waals surface area contributed by atoms with Gasteiger partial charge >= 0.3 is 0 Å². The zero-order valence-electron chi connectivity index (χ0n) is 14.1. The molecule has 21 heavy (non-hydrogen) atoms. The summed E-state index contributed by atoms with van der Waals surface area (Å²) >= 11 is 0. The molecule has 1 aromatic rings. The van der Waals surface area contributed by atoms with Crippen molar-refractivity contribution in [3.63, 3.8) is 0 Å². The summed E-state index contributed by atoms with van der Waals surface area (Å²) in [6, 6.07) is 0.633. The lowest BCUT2D eigenvalue weighted by Gasteiger charge is -2.35. The van der Waals surface area contributed by atoms with Crippen LogP contribution in [-0.4, -0.2) is 22.4 Å². The Balaban J connectivity index is 1.99. The van der Waals surface area contributed by atoms with Crippen LogP contribution >= 0.6 is 0 Å². The van der Waals surface area contributed by atoms with Crippen LogP contribution in [-0.2, 0) is 13.0 Å². The Morgan fingerprint density at radius 2 is 2.19 bits per heavy atom. The van der Waals surface area contributed by atoms with Gasteiger partial charge in [0.25, 0.3) is 0 Å². The third kappa shape index (κ3) is 4.84. The molecule has 2 rings (SSSR count). The highest BCUT2D eigenvalue weighted by molar-refractivity contribution is 5.07. The Morgan fingerprint density at radius 1 is 1.33 bits per heavy atom. The summed E-state index contributed by atoms with van der Waals surface area (Å²) < 4.78 is 2.04. The number of aryl methyl sites for hydroxylation is 1. The van der Waals surface area contributed by atoms with E-state index in [2.05, 4.69) is 43.6 Å².